The summed E-state index contributed by atoms with van der Waals surface area (Å²) in [5.41, 5.74) is 0.614. The second-order valence-corrected chi connectivity index (χ2v) is 6.55. The zero-order chi connectivity index (χ0) is 17.9. The first-order chi connectivity index (χ1) is 11.4. The topological polar surface area (TPSA) is 55.2 Å². The molecule has 1 amide bonds. The van der Waals surface area contributed by atoms with E-state index in [0.29, 0.717) is 35.6 Å². The molecule has 24 heavy (non-hydrogen) atoms. The predicted molar refractivity (Wildman–Crippen MR) is 96.9 cm³/mol. The lowest BCUT2D eigenvalue weighted by atomic mass is 10.1. The largest absolute Gasteiger partial charge is 0.333 e. The van der Waals surface area contributed by atoms with Gasteiger partial charge in [0.25, 0.3) is 5.56 Å². The van der Waals surface area contributed by atoms with E-state index in [1.165, 1.54) is 0 Å². The Kier molecular flexibility index (Phi) is 5.75. The van der Waals surface area contributed by atoms with Gasteiger partial charge in [0, 0.05) is 20.0 Å². The van der Waals surface area contributed by atoms with Crippen LogP contribution in [0, 0.1) is 5.92 Å². The van der Waals surface area contributed by atoms with Crippen molar-refractivity contribution < 1.29 is 4.79 Å². The van der Waals surface area contributed by atoms with Gasteiger partial charge in [0.2, 0.25) is 5.91 Å². The van der Waals surface area contributed by atoms with Crippen molar-refractivity contribution in [2.45, 2.75) is 46.6 Å². The first kappa shape index (κ1) is 18.2. The maximum atomic E-state index is 12.6. The summed E-state index contributed by atoms with van der Waals surface area (Å²) >= 11 is 0. The smallest absolute Gasteiger partial charge is 0.261 e. The molecule has 5 heteroatoms. The van der Waals surface area contributed by atoms with Crippen LogP contribution in [0.15, 0.2) is 29.1 Å². The van der Waals surface area contributed by atoms with Crippen molar-refractivity contribution in [3.63, 3.8) is 0 Å². The third-order valence-corrected chi connectivity index (χ3v) is 4.32. The second kappa shape index (κ2) is 7.60. The minimum Gasteiger partial charge on any atom is -0.333 e. The van der Waals surface area contributed by atoms with Crippen molar-refractivity contribution in [3.05, 3.63) is 40.4 Å². The molecule has 1 aromatic carbocycles. The molecule has 0 bridgehead atoms. The third-order valence-electron chi connectivity index (χ3n) is 4.32. The lowest BCUT2D eigenvalue weighted by Crippen LogP contribution is -2.38. The van der Waals surface area contributed by atoms with E-state index in [2.05, 4.69) is 0 Å². The molecule has 1 aromatic heterocycles. The molecule has 130 valence electrons. The fraction of sp³-hybridized carbons (Fsp3) is 0.526. The second-order valence-electron chi connectivity index (χ2n) is 6.55. The first-order valence-corrected chi connectivity index (χ1v) is 8.65. The molecule has 0 aliphatic rings. The van der Waals surface area contributed by atoms with Gasteiger partial charge in [-0.15, -0.1) is 0 Å². The number of carbonyl (C=O) groups excluding carboxylic acids is 1. The van der Waals surface area contributed by atoms with Gasteiger partial charge in [-0.25, -0.2) is 4.98 Å². The number of carbonyl (C=O) groups is 1. The van der Waals surface area contributed by atoms with Gasteiger partial charge in [-0.2, -0.15) is 0 Å². The number of rotatable bonds is 6. The van der Waals surface area contributed by atoms with Gasteiger partial charge in [0.1, 0.15) is 5.82 Å². The third kappa shape index (κ3) is 3.50. The Bertz CT molecular complexity index is 780. The number of hydrogen-bond donors (Lipinski definition) is 0. The highest BCUT2D eigenvalue weighted by atomic mass is 16.2. The number of para-hydroxylation sites is 1. The summed E-state index contributed by atoms with van der Waals surface area (Å²) < 4.78 is 1.59. The highest BCUT2D eigenvalue weighted by Gasteiger charge is 2.26. The molecular formula is C19H27N3O2. The Morgan fingerprint density at radius 3 is 2.50 bits per heavy atom. The van der Waals surface area contributed by atoms with Gasteiger partial charge in [-0.3, -0.25) is 14.2 Å². The van der Waals surface area contributed by atoms with Crippen LogP contribution >= 0.6 is 0 Å². The van der Waals surface area contributed by atoms with E-state index in [4.69, 9.17) is 4.98 Å². The lowest BCUT2D eigenvalue weighted by molar-refractivity contribution is -0.134. The number of fused-ring (bicyclic) bond motifs is 1. The maximum Gasteiger partial charge on any atom is 0.261 e. The predicted octanol–water partition coefficient (Wildman–Crippen LogP) is 3.28. The molecule has 0 spiro atoms. The normalized spacial score (nSPS) is 12.6. The molecule has 0 fully saturated rings. The van der Waals surface area contributed by atoms with Crippen LogP contribution < -0.4 is 5.56 Å². The molecule has 0 N–H and O–H groups in total. The summed E-state index contributed by atoms with van der Waals surface area (Å²) in [6.07, 6.45) is 1.22. The summed E-state index contributed by atoms with van der Waals surface area (Å²) in [5, 5.41) is 0.607. The number of amides is 1. The zero-order valence-corrected chi connectivity index (χ0v) is 15.2. The summed E-state index contributed by atoms with van der Waals surface area (Å²) in [6.45, 7) is 8.68. The Morgan fingerprint density at radius 1 is 1.25 bits per heavy atom. The average molecular weight is 329 g/mol. The molecule has 1 heterocycles. The van der Waals surface area contributed by atoms with Crippen molar-refractivity contribution in [1.29, 1.82) is 0 Å². The van der Waals surface area contributed by atoms with Gasteiger partial charge >= 0.3 is 0 Å². The monoisotopic (exact) mass is 329 g/mol. The number of benzene rings is 1. The zero-order valence-electron chi connectivity index (χ0n) is 15.2. The van der Waals surface area contributed by atoms with Crippen LogP contribution in [0.25, 0.3) is 10.9 Å². The van der Waals surface area contributed by atoms with Crippen LogP contribution in [-0.4, -0.2) is 26.9 Å². The van der Waals surface area contributed by atoms with E-state index in [0.717, 1.165) is 6.42 Å². The standard InChI is InChI=1S/C19H27N3O2/c1-6-16(22(7-2)17(23)12-13(3)4)18-20-15-11-9-8-10-14(15)19(24)21(18)5/h8-11,13,16H,6-7,12H2,1-5H3. The number of aromatic nitrogens is 2. The first-order valence-electron chi connectivity index (χ1n) is 8.65. The molecule has 0 radical (unpaired) electrons. The molecule has 0 aliphatic carbocycles. The number of nitrogens with zero attached hydrogens (tertiary/aromatic N) is 3. The van der Waals surface area contributed by atoms with Crippen LogP contribution in [0.4, 0.5) is 0 Å². The van der Waals surface area contributed by atoms with Crippen LogP contribution in [0.3, 0.4) is 0 Å². The average Bonchev–Trinajstić information content (AvgIpc) is 2.55. The van der Waals surface area contributed by atoms with Crippen molar-refractivity contribution >= 4 is 16.8 Å². The highest BCUT2D eigenvalue weighted by Crippen LogP contribution is 2.24. The SMILES string of the molecule is CCC(c1nc2ccccc2c(=O)n1C)N(CC)C(=O)CC(C)C. The Hall–Kier alpha value is -2.17. The minimum absolute atomic E-state index is 0.0681. The molecule has 1 atom stereocenters. The van der Waals surface area contributed by atoms with E-state index >= 15 is 0 Å². The van der Waals surface area contributed by atoms with E-state index in [9.17, 15) is 9.59 Å². The van der Waals surface area contributed by atoms with Gasteiger partial charge in [0.15, 0.2) is 0 Å². The Labute approximate surface area is 143 Å². The fourth-order valence-corrected chi connectivity index (χ4v) is 3.11. The van der Waals surface area contributed by atoms with Gasteiger partial charge < -0.3 is 4.90 Å². The lowest BCUT2D eigenvalue weighted by Gasteiger charge is -2.31. The van der Waals surface area contributed by atoms with Crippen molar-refractivity contribution in [2.75, 3.05) is 6.54 Å². The summed E-state index contributed by atoms with van der Waals surface area (Å²) in [6, 6.07) is 7.16. The summed E-state index contributed by atoms with van der Waals surface area (Å²) in [5.74, 6) is 1.07. The van der Waals surface area contributed by atoms with E-state index in [-0.39, 0.29) is 17.5 Å². The summed E-state index contributed by atoms with van der Waals surface area (Å²) in [7, 11) is 1.74. The molecule has 0 saturated heterocycles. The van der Waals surface area contributed by atoms with Crippen LogP contribution in [0.2, 0.25) is 0 Å². The van der Waals surface area contributed by atoms with E-state index in [1.807, 2.05) is 50.8 Å². The molecular weight excluding hydrogens is 302 g/mol. The Morgan fingerprint density at radius 2 is 1.92 bits per heavy atom. The summed E-state index contributed by atoms with van der Waals surface area (Å²) in [4.78, 5) is 31.8. The molecule has 5 nitrogen and oxygen atoms in total. The highest BCUT2D eigenvalue weighted by molar-refractivity contribution is 5.78. The number of hydrogen-bond acceptors (Lipinski definition) is 3. The van der Waals surface area contributed by atoms with Crippen molar-refractivity contribution in [1.82, 2.24) is 14.5 Å². The van der Waals surface area contributed by atoms with E-state index < -0.39 is 0 Å². The Balaban J connectivity index is 2.53. The molecule has 0 saturated carbocycles. The molecule has 2 aromatic rings. The van der Waals surface area contributed by atoms with Gasteiger partial charge in [0.05, 0.1) is 16.9 Å². The van der Waals surface area contributed by atoms with Crippen LogP contribution in [0.1, 0.15) is 52.4 Å². The van der Waals surface area contributed by atoms with Crippen LogP contribution in [-0.2, 0) is 11.8 Å². The quantitative estimate of drug-likeness (QED) is 0.817. The van der Waals surface area contributed by atoms with Crippen molar-refractivity contribution in [2.24, 2.45) is 13.0 Å². The minimum atomic E-state index is -0.191. The molecule has 0 aliphatic heterocycles. The van der Waals surface area contributed by atoms with Gasteiger partial charge in [-0.05, 0) is 31.4 Å². The van der Waals surface area contributed by atoms with Crippen molar-refractivity contribution in [3.8, 4) is 0 Å². The van der Waals surface area contributed by atoms with Gasteiger partial charge in [-0.1, -0.05) is 32.9 Å². The van der Waals surface area contributed by atoms with E-state index in [1.54, 1.807) is 17.7 Å². The van der Waals surface area contributed by atoms with Crippen LogP contribution in [0.5, 0.6) is 0 Å². The fourth-order valence-electron chi connectivity index (χ4n) is 3.11. The molecule has 1 unspecified atom stereocenters. The maximum absolute atomic E-state index is 12.6. The molecule has 2 rings (SSSR count).